The summed E-state index contributed by atoms with van der Waals surface area (Å²) in [5.41, 5.74) is 2.32. The van der Waals surface area contributed by atoms with Crippen molar-refractivity contribution in [2.75, 3.05) is 62.0 Å². The lowest BCUT2D eigenvalue weighted by Crippen LogP contribution is -2.51. The van der Waals surface area contributed by atoms with Crippen LogP contribution >= 0.6 is 0 Å². The van der Waals surface area contributed by atoms with Crippen LogP contribution in [0.15, 0.2) is 54.6 Å². The number of rotatable bonds is 5. The number of anilines is 3. The molecule has 4 amide bonds. The van der Waals surface area contributed by atoms with Gasteiger partial charge in [-0.25, -0.2) is 9.59 Å². The van der Waals surface area contributed by atoms with E-state index in [4.69, 9.17) is 0 Å². The van der Waals surface area contributed by atoms with Gasteiger partial charge in [-0.2, -0.15) is 0 Å². The highest BCUT2D eigenvalue weighted by Crippen LogP contribution is 2.18. The third-order valence-corrected chi connectivity index (χ3v) is 5.11. The van der Waals surface area contributed by atoms with Gasteiger partial charge >= 0.3 is 12.1 Å². The van der Waals surface area contributed by atoms with Crippen molar-refractivity contribution in [3.05, 3.63) is 54.6 Å². The van der Waals surface area contributed by atoms with Crippen LogP contribution in [-0.4, -0.2) is 69.8 Å². The average molecular weight is 425 g/mol. The summed E-state index contributed by atoms with van der Waals surface area (Å²) in [6.07, 6.45) is -0.485. The number of hydrogen-bond acceptors (Lipinski definition) is 5. The topological polar surface area (TPSA) is 94.2 Å². The molecule has 0 bridgehead atoms. The molecule has 0 aromatic heterocycles. The Labute approximate surface area is 181 Å². The van der Waals surface area contributed by atoms with E-state index in [0.29, 0.717) is 24.5 Å². The summed E-state index contributed by atoms with van der Waals surface area (Å²) >= 11 is 0. The molecule has 2 aromatic carbocycles. The molecule has 0 atom stereocenters. The van der Waals surface area contributed by atoms with Crippen LogP contribution in [0.1, 0.15) is 0 Å². The number of ether oxygens (including phenoxy) is 1. The second kappa shape index (κ2) is 10.3. The smallest absolute Gasteiger partial charge is 0.413 e. The fourth-order valence-electron chi connectivity index (χ4n) is 3.31. The molecule has 1 heterocycles. The molecule has 3 rings (SSSR count). The zero-order chi connectivity index (χ0) is 22.2. The van der Waals surface area contributed by atoms with Gasteiger partial charge in [0.1, 0.15) is 0 Å². The first kappa shape index (κ1) is 21.9. The molecule has 1 fully saturated rings. The lowest BCUT2D eigenvalue weighted by Gasteiger charge is -2.36. The van der Waals surface area contributed by atoms with E-state index in [2.05, 4.69) is 32.4 Å². The maximum Gasteiger partial charge on any atom is 0.413 e. The molecule has 31 heavy (non-hydrogen) atoms. The van der Waals surface area contributed by atoms with Gasteiger partial charge < -0.3 is 25.2 Å². The Hall–Kier alpha value is -3.75. The highest BCUT2D eigenvalue weighted by atomic mass is 16.5. The van der Waals surface area contributed by atoms with Crippen LogP contribution in [0.3, 0.4) is 0 Å². The van der Waals surface area contributed by atoms with Crippen LogP contribution in [0, 0.1) is 0 Å². The average Bonchev–Trinajstić information content (AvgIpc) is 2.82. The maximum absolute atomic E-state index is 12.4. The van der Waals surface area contributed by atoms with E-state index in [1.54, 1.807) is 36.2 Å². The van der Waals surface area contributed by atoms with Crippen molar-refractivity contribution in [1.82, 2.24) is 10.2 Å². The van der Waals surface area contributed by atoms with Gasteiger partial charge in [0.25, 0.3) is 0 Å². The number of nitrogens with zero attached hydrogens (tertiary/aromatic N) is 3. The number of para-hydroxylation sites is 1. The number of benzene rings is 2. The first-order valence-electron chi connectivity index (χ1n) is 10.0. The standard InChI is InChI=1S/C22H27N5O4/c1-25(22(30)31-2)18-10-8-17(9-11-18)24-21(29)23-16-20(28)27-14-12-26(13-15-27)19-6-4-3-5-7-19/h3-11H,12-16H2,1-2H3,(H2,23,24,29). The minimum absolute atomic E-state index is 0.0691. The van der Waals surface area contributed by atoms with Crippen LogP contribution < -0.4 is 20.4 Å². The van der Waals surface area contributed by atoms with Crippen molar-refractivity contribution in [2.45, 2.75) is 0 Å². The first-order chi connectivity index (χ1) is 15.0. The van der Waals surface area contributed by atoms with E-state index in [-0.39, 0.29) is 12.5 Å². The predicted molar refractivity (Wildman–Crippen MR) is 120 cm³/mol. The summed E-state index contributed by atoms with van der Waals surface area (Å²) in [6, 6.07) is 16.3. The lowest BCUT2D eigenvalue weighted by atomic mass is 10.2. The van der Waals surface area contributed by atoms with Gasteiger partial charge in [0, 0.05) is 50.3 Å². The number of carbonyl (C=O) groups is 3. The van der Waals surface area contributed by atoms with E-state index in [1.807, 2.05) is 18.2 Å². The molecule has 9 heteroatoms. The molecule has 0 saturated carbocycles. The maximum atomic E-state index is 12.4. The van der Waals surface area contributed by atoms with Crippen molar-refractivity contribution in [1.29, 1.82) is 0 Å². The highest BCUT2D eigenvalue weighted by molar-refractivity contribution is 5.93. The Morgan fingerprint density at radius 2 is 1.61 bits per heavy atom. The van der Waals surface area contributed by atoms with E-state index >= 15 is 0 Å². The molecule has 2 N–H and O–H groups in total. The van der Waals surface area contributed by atoms with Gasteiger partial charge in [0.2, 0.25) is 5.91 Å². The third-order valence-electron chi connectivity index (χ3n) is 5.11. The summed E-state index contributed by atoms with van der Waals surface area (Å²) < 4.78 is 4.66. The molecular formula is C22H27N5O4. The van der Waals surface area contributed by atoms with E-state index in [0.717, 1.165) is 18.8 Å². The minimum atomic E-state index is -0.485. The fraction of sp³-hybridized carbons (Fsp3) is 0.318. The Kier molecular flexibility index (Phi) is 7.31. The molecule has 0 unspecified atom stereocenters. The van der Waals surface area contributed by atoms with Crippen molar-refractivity contribution < 1.29 is 19.1 Å². The quantitative estimate of drug-likeness (QED) is 0.767. The Morgan fingerprint density at radius 3 is 2.23 bits per heavy atom. The van der Waals surface area contributed by atoms with E-state index in [9.17, 15) is 14.4 Å². The molecular weight excluding hydrogens is 398 g/mol. The molecule has 1 aliphatic rings. The summed E-state index contributed by atoms with van der Waals surface area (Å²) in [7, 11) is 2.90. The van der Waals surface area contributed by atoms with Crippen LogP contribution in [0.25, 0.3) is 0 Å². The minimum Gasteiger partial charge on any atom is -0.452 e. The normalized spacial score (nSPS) is 13.4. The summed E-state index contributed by atoms with van der Waals surface area (Å²) in [5.74, 6) is -0.113. The highest BCUT2D eigenvalue weighted by Gasteiger charge is 2.21. The summed E-state index contributed by atoms with van der Waals surface area (Å²) in [6.45, 7) is 2.68. The Morgan fingerprint density at radius 1 is 0.968 bits per heavy atom. The number of carbonyl (C=O) groups excluding carboxylic acids is 3. The molecule has 0 spiro atoms. The number of urea groups is 1. The Bertz CT molecular complexity index is 896. The van der Waals surface area contributed by atoms with Crippen molar-refractivity contribution in [2.24, 2.45) is 0 Å². The number of hydrogen-bond donors (Lipinski definition) is 2. The molecule has 1 saturated heterocycles. The van der Waals surface area contributed by atoms with Gasteiger partial charge in [-0.05, 0) is 36.4 Å². The van der Waals surface area contributed by atoms with Crippen LogP contribution in [0.4, 0.5) is 26.7 Å². The third kappa shape index (κ3) is 5.88. The fourth-order valence-corrected chi connectivity index (χ4v) is 3.31. The van der Waals surface area contributed by atoms with Crippen LogP contribution in [0.5, 0.6) is 0 Å². The molecule has 1 aliphatic heterocycles. The number of piperazine rings is 1. The lowest BCUT2D eigenvalue weighted by molar-refractivity contribution is -0.130. The van der Waals surface area contributed by atoms with Gasteiger partial charge in [0.05, 0.1) is 13.7 Å². The second-order valence-electron chi connectivity index (χ2n) is 7.09. The van der Waals surface area contributed by atoms with Gasteiger partial charge in [0.15, 0.2) is 0 Å². The second-order valence-corrected chi connectivity index (χ2v) is 7.09. The number of amides is 4. The largest absolute Gasteiger partial charge is 0.452 e. The van der Waals surface area contributed by atoms with Gasteiger partial charge in [-0.15, -0.1) is 0 Å². The van der Waals surface area contributed by atoms with Gasteiger partial charge in [-0.3, -0.25) is 9.69 Å². The van der Waals surface area contributed by atoms with Crippen molar-refractivity contribution in [3.63, 3.8) is 0 Å². The van der Waals surface area contributed by atoms with E-state index in [1.165, 1.54) is 12.0 Å². The molecule has 9 nitrogen and oxygen atoms in total. The molecule has 2 aromatic rings. The van der Waals surface area contributed by atoms with Gasteiger partial charge in [-0.1, -0.05) is 18.2 Å². The zero-order valence-corrected chi connectivity index (χ0v) is 17.7. The first-order valence-corrected chi connectivity index (χ1v) is 10.0. The van der Waals surface area contributed by atoms with E-state index < -0.39 is 12.1 Å². The monoisotopic (exact) mass is 425 g/mol. The SMILES string of the molecule is COC(=O)N(C)c1ccc(NC(=O)NCC(=O)N2CCN(c3ccccc3)CC2)cc1. The van der Waals surface area contributed by atoms with Crippen molar-refractivity contribution in [3.8, 4) is 0 Å². The molecule has 164 valence electrons. The number of methoxy groups -OCH3 is 1. The predicted octanol–water partition coefficient (Wildman–Crippen LogP) is 2.36. The van der Waals surface area contributed by atoms with Crippen molar-refractivity contribution >= 4 is 35.1 Å². The zero-order valence-electron chi connectivity index (χ0n) is 17.7. The number of nitrogens with one attached hydrogen (secondary N) is 2. The molecule has 0 aliphatic carbocycles. The van der Waals surface area contributed by atoms with Crippen LogP contribution in [0.2, 0.25) is 0 Å². The van der Waals surface area contributed by atoms with Crippen LogP contribution in [-0.2, 0) is 9.53 Å². The Balaban J connectivity index is 1.41. The summed E-state index contributed by atoms with van der Waals surface area (Å²) in [5, 5.41) is 5.27. The molecule has 0 radical (unpaired) electrons. The summed E-state index contributed by atoms with van der Waals surface area (Å²) in [4.78, 5) is 41.4.